The topological polar surface area (TPSA) is 88.8 Å². The molecule has 1 unspecified atom stereocenters. The third-order valence-corrected chi connectivity index (χ3v) is 2.33. The molecule has 0 saturated carbocycles. The van der Waals surface area contributed by atoms with E-state index in [1.165, 1.54) is 6.33 Å². The van der Waals surface area contributed by atoms with Gasteiger partial charge < -0.3 is 14.5 Å². The predicted octanol–water partition coefficient (Wildman–Crippen LogP) is -0.258. The van der Waals surface area contributed by atoms with Crippen LogP contribution in [0.15, 0.2) is 12.7 Å². The molecule has 1 saturated heterocycles. The fourth-order valence-electron chi connectivity index (χ4n) is 1.59. The standard InChI is InChI=1S/C8H9N5O2/c9-7-6-8(11-2-10-6)13(3-12-7)5-1-14-4-15-5/h2-3,5,9H,1,4H2,(H,10,11). The number of imidazole rings is 1. The molecule has 2 N–H and O–H groups in total. The highest BCUT2D eigenvalue weighted by Gasteiger charge is 2.20. The number of H-pyrrole nitrogens is 1. The molecular weight excluding hydrogens is 198 g/mol. The van der Waals surface area contributed by atoms with Crippen molar-refractivity contribution in [1.82, 2.24) is 19.5 Å². The Morgan fingerprint density at radius 3 is 3.27 bits per heavy atom. The molecule has 3 heterocycles. The summed E-state index contributed by atoms with van der Waals surface area (Å²) in [6.07, 6.45) is 2.88. The molecule has 0 bridgehead atoms. The molecule has 78 valence electrons. The quantitative estimate of drug-likeness (QED) is 0.674. The molecule has 2 aromatic rings. The van der Waals surface area contributed by atoms with E-state index in [0.717, 1.165) is 0 Å². The highest BCUT2D eigenvalue weighted by molar-refractivity contribution is 5.68. The highest BCUT2D eigenvalue weighted by atomic mass is 16.7. The number of nitrogens with one attached hydrogen (secondary N) is 2. The molecule has 15 heavy (non-hydrogen) atoms. The van der Waals surface area contributed by atoms with E-state index in [1.54, 1.807) is 10.9 Å². The third-order valence-electron chi connectivity index (χ3n) is 2.33. The molecule has 2 aromatic heterocycles. The first-order valence-corrected chi connectivity index (χ1v) is 4.50. The van der Waals surface area contributed by atoms with Crippen LogP contribution in [0.3, 0.4) is 0 Å². The number of fused-ring (bicyclic) bond motifs is 1. The Morgan fingerprint density at radius 2 is 2.47 bits per heavy atom. The fraction of sp³-hybridized carbons (Fsp3) is 0.375. The second kappa shape index (κ2) is 3.14. The molecule has 7 heteroatoms. The minimum Gasteiger partial charge on any atom is -0.351 e. The molecule has 0 aliphatic carbocycles. The summed E-state index contributed by atoms with van der Waals surface area (Å²) in [5.74, 6) is 0. The summed E-state index contributed by atoms with van der Waals surface area (Å²) in [4.78, 5) is 11.0. The number of hydrogen-bond donors (Lipinski definition) is 2. The van der Waals surface area contributed by atoms with Gasteiger partial charge in [0.15, 0.2) is 17.4 Å². The van der Waals surface area contributed by atoms with Gasteiger partial charge in [-0.3, -0.25) is 9.98 Å². The Bertz CT molecular complexity index is 539. The Kier molecular flexibility index (Phi) is 1.79. The summed E-state index contributed by atoms with van der Waals surface area (Å²) < 4.78 is 12.2. The SMILES string of the molecule is N=c1ncn(C2COCO2)c2nc[nH]c12. The fourth-order valence-corrected chi connectivity index (χ4v) is 1.59. The number of nitrogens with zero attached hydrogens (tertiary/aromatic N) is 3. The smallest absolute Gasteiger partial charge is 0.173 e. The third kappa shape index (κ3) is 1.24. The molecule has 0 radical (unpaired) electrons. The minimum absolute atomic E-state index is 0.178. The first-order valence-electron chi connectivity index (χ1n) is 4.50. The van der Waals surface area contributed by atoms with Gasteiger partial charge in [0, 0.05) is 0 Å². The van der Waals surface area contributed by atoms with E-state index >= 15 is 0 Å². The molecule has 1 fully saturated rings. The largest absolute Gasteiger partial charge is 0.351 e. The van der Waals surface area contributed by atoms with Crippen molar-refractivity contribution in [1.29, 1.82) is 5.41 Å². The normalized spacial score (nSPS) is 21.2. The van der Waals surface area contributed by atoms with Gasteiger partial charge in [0.05, 0.1) is 12.9 Å². The lowest BCUT2D eigenvalue weighted by atomic mass is 10.5. The van der Waals surface area contributed by atoms with Crippen LogP contribution in [0.2, 0.25) is 0 Å². The van der Waals surface area contributed by atoms with E-state index in [-0.39, 0.29) is 18.5 Å². The molecule has 0 spiro atoms. The molecule has 7 nitrogen and oxygen atoms in total. The second-order valence-corrected chi connectivity index (χ2v) is 3.21. The maximum absolute atomic E-state index is 7.58. The Balaban J connectivity index is 2.22. The van der Waals surface area contributed by atoms with Gasteiger partial charge in [0.2, 0.25) is 0 Å². The number of aromatic amines is 1. The molecule has 1 atom stereocenters. The lowest BCUT2D eigenvalue weighted by Gasteiger charge is -2.11. The summed E-state index contributed by atoms with van der Waals surface area (Å²) in [6, 6.07) is 0. The molecule has 3 rings (SSSR count). The van der Waals surface area contributed by atoms with Gasteiger partial charge in [0.25, 0.3) is 0 Å². The first-order chi connectivity index (χ1) is 7.36. The van der Waals surface area contributed by atoms with Crippen molar-refractivity contribution in [2.24, 2.45) is 0 Å². The Labute approximate surface area is 84.2 Å². The van der Waals surface area contributed by atoms with Gasteiger partial charge in [-0.25, -0.2) is 9.97 Å². The second-order valence-electron chi connectivity index (χ2n) is 3.21. The number of aromatic nitrogens is 4. The van der Waals surface area contributed by atoms with Crippen LogP contribution in [0.1, 0.15) is 6.23 Å². The van der Waals surface area contributed by atoms with Gasteiger partial charge in [-0.2, -0.15) is 0 Å². The van der Waals surface area contributed by atoms with Crippen molar-refractivity contribution < 1.29 is 9.47 Å². The van der Waals surface area contributed by atoms with Gasteiger partial charge in [-0.05, 0) is 0 Å². The maximum atomic E-state index is 7.58. The molecule has 0 aromatic carbocycles. The Morgan fingerprint density at radius 1 is 1.53 bits per heavy atom. The lowest BCUT2D eigenvalue weighted by molar-refractivity contribution is 0.0244. The van der Waals surface area contributed by atoms with Crippen molar-refractivity contribution in [2.75, 3.05) is 13.4 Å². The zero-order chi connectivity index (χ0) is 10.3. The summed E-state index contributed by atoms with van der Waals surface area (Å²) in [5, 5.41) is 7.58. The molecule has 1 aliphatic rings. The average molecular weight is 207 g/mol. The lowest BCUT2D eigenvalue weighted by Crippen LogP contribution is -2.17. The zero-order valence-electron chi connectivity index (χ0n) is 7.80. The van der Waals surface area contributed by atoms with Gasteiger partial charge in [0.1, 0.15) is 18.6 Å². The van der Waals surface area contributed by atoms with Crippen LogP contribution in [-0.2, 0) is 9.47 Å². The summed E-state index contributed by atoms with van der Waals surface area (Å²) in [5.41, 5.74) is 1.44. The van der Waals surface area contributed by atoms with E-state index in [9.17, 15) is 0 Å². The number of hydrogen-bond acceptors (Lipinski definition) is 5. The van der Waals surface area contributed by atoms with Gasteiger partial charge in [-0.1, -0.05) is 0 Å². The average Bonchev–Trinajstić information content (AvgIpc) is 2.88. The number of rotatable bonds is 1. The Hall–Kier alpha value is -1.73. The van der Waals surface area contributed by atoms with Crippen LogP contribution >= 0.6 is 0 Å². The van der Waals surface area contributed by atoms with Crippen molar-refractivity contribution in [3.63, 3.8) is 0 Å². The van der Waals surface area contributed by atoms with Crippen molar-refractivity contribution in [2.45, 2.75) is 6.23 Å². The number of ether oxygens (including phenoxy) is 2. The van der Waals surface area contributed by atoms with Crippen molar-refractivity contribution in [3.8, 4) is 0 Å². The van der Waals surface area contributed by atoms with Crippen LogP contribution in [0, 0.1) is 5.41 Å². The van der Waals surface area contributed by atoms with Crippen LogP contribution in [0.5, 0.6) is 0 Å². The van der Waals surface area contributed by atoms with Crippen LogP contribution in [0.4, 0.5) is 0 Å². The van der Waals surface area contributed by atoms with E-state index in [4.69, 9.17) is 14.9 Å². The van der Waals surface area contributed by atoms with Crippen molar-refractivity contribution in [3.05, 3.63) is 18.1 Å². The van der Waals surface area contributed by atoms with Crippen LogP contribution < -0.4 is 5.49 Å². The summed E-state index contributed by atoms with van der Waals surface area (Å²) in [7, 11) is 0. The monoisotopic (exact) mass is 207 g/mol. The van der Waals surface area contributed by atoms with Crippen LogP contribution in [0.25, 0.3) is 11.2 Å². The van der Waals surface area contributed by atoms with E-state index in [0.29, 0.717) is 17.8 Å². The molecule has 0 amide bonds. The maximum Gasteiger partial charge on any atom is 0.173 e. The molecule has 1 aliphatic heterocycles. The minimum atomic E-state index is -0.205. The van der Waals surface area contributed by atoms with E-state index < -0.39 is 0 Å². The van der Waals surface area contributed by atoms with E-state index in [1.807, 2.05) is 0 Å². The van der Waals surface area contributed by atoms with Crippen LogP contribution in [-0.4, -0.2) is 32.9 Å². The van der Waals surface area contributed by atoms with E-state index in [2.05, 4.69) is 15.0 Å². The summed E-state index contributed by atoms with van der Waals surface area (Å²) >= 11 is 0. The van der Waals surface area contributed by atoms with Crippen molar-refractivity contribution >= 4 is 11.2 Å². The molecular formula is C8H9N5O2. The highest BCUT2D eigenvalue weighted by Crippen LogP contribution is 2.17. The van der Waals surface area contributed by atoms with Gasteiger partial charge >= 0.3 is 0 Å². The zero-order valence-corrected chi connectivity index (χ0v) is 7.80. The van der Waals surface area contributed by atoms with Gasteiger partial charge in [-0.15, -0.1) is 0 Å². The predicted molar refractivity (Wildman–Crippen MR) is 48.7 cm³/mol. The first kappa shape index (κ1) is 8.57. The summed E-state index contributed by atoms with van der Waals surface area (Å²) in [6.45, 7) is 0.762.